The van der Waals surface area contributed by atoms with E-state index in [4.69, 9.17) is 4.74 Å². The average molecular weight is 302 g/mol. The lowest BCUT2D eigenvalue weighted by atomic mass is 9.81. The zero-order valence-corrected chi connectivity index (χ0v) is 13.5. The molecule has 3 rings (SSSR count). The fraction of sp³-hybridized carbons (Fsp3) is 0.444. The van der Waals surface area contributed by atoms with E-state index in [1.165, 1.54) is 28.8 Å². The first kappa shape index (κ1) is 14.6. The second kappa shape index (κ2) is 6.20. The van der Waals surface area contributed by atoms with Crippen molar-refractivity contribution in [2.45, 2.75) is 44.6 Å². The van der Waals surface area contributed by atoms with Crippen molar-refractivity contribution in [3.63, 3.8) is 0 Å². The molecule has 1 heterocycles. The molecular weight excluding hydrogens is 280 g/mol. The van der Waals surface area contributed by atoms with E-state index in [9.17, 15) is 5.11 Å². The van der Waals surface area contributed by atoms with Crippen LogP contribution in [0.1, 0.15) is 40.3 Å². The second-order valence-electron chi connectivity index (χ2n) is 5.88. The van der Waals surface area contributed by atoms with Gasteiger partial charge < -0.3 is 9.84 Å². The first-order chi connectivity index (χ1) is 10.2. The summed E-state index contributed by atoms with van der Waals surface area (Å²) in [7, 11) is 1.69. The highest BCUT2D eigenvalue weighted by Gasteiger charge is 2.28. The van der Waals surface area contributed by atoms with Crippen LogP contribution < -0.4 is 4.74 Å². The highest BCUT2D eigenvalue weighted by atomic mass is 32.1. The van der Waals surface area contributed by atoms with E-state index >= 15 is 0 Å². The van der Waals surface area contributed by atoms with E-state index in [0.29, 0.717) is 6.42 Å². The lowest BCUT2D eigenvalue weighted by Crippen LogP contribution is -2.24. The summed E-state index contributed by atoms with van der Waals surface area (Å²) in [4.78, 5) is 1.46. The van der Waals surface area contributed by atoms with Gasteiger partial charge in [0.25, 0.3) is 0 Å². The molecule has 1 N–H and O–H groups in total. The minimum Gasteiger partial charge on any atom is -0.496 e. The normalized spacial score (nSPS) is 19.1. The van der Waals surface area contributed by atoms with Gasteiger partial charge in [-0.25, -0.2) is 0 Å². The Morgan fingerprint density at radius 1 is 1.38 bits per heavy atom. The summed E-state index contributed by atoms with van der Waals surface area (Å²) >= 11 is 1.83. The smallest absolute Gasteiger partial charge is 0.122 e. The van der Waals surface area contributed by atoms with Crippen molar-refractivity contribution >= 4 is 11.3 Å². The number of hydrogen-bond donors (Lipinski definition) is 1. The monoisotopic (exact) mass is 302 g/mol. The van der Waals surface area contributed by atoms with Gasteiger partial charge in [-0.2, -0.15) is 0 Å². The molecule has 1 aliphatic rings. The van der Waals surface area contributed by atoms with Gasteiger partial charge in [-0.15, -0.1) is 11.3 Å². The van der Waals surface area contributed by atoms with Crippen LogP contribution in [-0.4, -0.2) is 18.3 Å². The average Bonchev–Trinajstić information content (AvgIpc) is 2.95. The standard InChI is InChI=1S/C18H22O2S/c1-12-6-7-17(20-2)13(10-12)11-16(19)14-4-3-5-18-15(14)8-9-21-18/h6-10,14,16,19H,3-5,11H2,1-2H3. The SMILES string of the molecule is COc1ccc(C)cc1CC(O)C1CCCc2sccc21. The zero-order chi connectivity index (χ0) is 14.8. The number of ether oxygens (including phenoxy) is 1. The van der Waals surface area contributed by atoms with E-state index in [1.54, 1.807) is 7.11 Å². The van der Waals surface area contributed by atoms with Gasteiger partial charge in [0.15, 0.2) is 0 Å². The van der Waals surface area contributed by atoms with Gasteiger partial charge in [0.1, 0.15) is 5.75 Å². The van der Waals surface area contributed by atoms with Crippen molar-refractivity contribution in [3.8, 4) is 5.75 Å². The van der Waals surface area contributed by atoms with E-state index < -0.39 is 0 Å². The third kappa shape index (κ3) is 2.99. The molecule has 2 aromatic rings. The van der Waals surface area contributed by atoms with Crippen molar-refractivity contribution in [2.24, 2.45) is 0 Å². The van der Waals surface area contributed by atoms with Crippen LogP contribution in [-0.2, 0) is 12.8 Å². The predicted molar refractivity (Wildman–Crippen MR) is 87.4 cm³/mol. The summed E-state index contributed by atoms with van der Waals surface area (Å²) in [5.41, 5.74) is 3.68. The minimum atomic E-state index is -0.339. The lowest BCUT2D eigenvalue weighted by molar-refractivity contribution is 0.134. The Hall–Kier alpha value is -1.32. The highest BCUT2D eigenvalue weighted by Crippen LogP contribution is 2.38. The van der Waals surface area contributed by atoms with Crippen molar-refractivity contribution in [3.05, 3.63) is 51.2 Å². The first-order valence-corrected chi connectivity index (χ1v) is 8.45. The fourth-order valence-electron chi connectivity index (χ4n) is 3.36. The highest BCUT2D eigenvalue weighted by molar-refractivity contribution is 7.10. The van der Waals surface area contributed by atoms with Gasteiger partial charge in [0.2, 0.25) is 0 Å². The summed E-state index contributed by atoms with van der Waals surface area (Å²) in [6.45, 7) is 2.08. The molecule has 0 saturated carbocycles. The number of methoxy groups -OCH3 is 1. The maximum absolute atomic E-state index is 10.8. The quantitative estimate of drug-likeness (QED) is 0.922. The van der Waals surface area contributed by atoms with Gasteiger partial charge in [-0.05, 0) is 54.8 Å². The van der Waals surface area contributed by atoms with Crippen molar-refractivity contribution in [1.29, 1.82) is 0 Å². The molecule has 2 atom stereocenters. The molecule has 0 fully saturated rings. The van der Waals surface area contributed by atoms with Gasteiger partial charge in [0, 0.05) is 17.2 Å². The molecule has 0 spiro atoms. The molecule has 0 aliphatic heterocycles. The Bertz CT molecular complexity index is 617. The number of rotatable bonds is 4. The number of hydrogen-bond acceptors (Lipinski definition) is 3. The minimum absolute atomic E-state index is 0.269. The maximum atomic E-state index is 10.8. The van der Waals surface area contributed by atoms with Crippen LogP contribution in [0, 0.1) is 6.92 Å². The molecule has 1 aliphatic carbocycles. The van der Waals surface area contributed by atoms with Crippen LogP contribution in [0.4, 0.5) is 0 Å². The summed E-state index contributed by atoms with van der Waals surface area (Å²) in [6.07, 6.45) is 3.75. The Morgan fingerprint density at radius 3 is 3.05 bits per heavy atom. The molecule has 112 valence electrons. The molecule has 21 heavy (non-hydrogen) atoms. The predicted octanol–water partition coefficient (Wildman–Crippen LogP) is 4.09. The molecule has 2 unspecified atom stereocenters. The number of thiophene rings is 1. The summed E-state index contributed by atoms with van der Waals surface area (Å²) < 4.78 is 5.43. The van der Waals surface area contributed by atoms with Crippen LogP contribution in [0.2, 0.25) is 0 Å². The molecule has 0 amide bonds. The molecule has 0 saturated heterocycles. The van der Waals surface area contributed by atoms with Crippen molar-refractivity contribution < 1.29 is 9.84 Å². The Balaban J connectivity index is 1.82. The van der Waals surface area contributed by atoms with Gasteiger partial charge in [0.05, 0.1) is 13.2 Å². The van der Waals surface area contributed by atoms with Gasteiger partial charge >= 0.3 is 0 Å². The Morgan fingerprint density at radius 2 is 2.24 bits per heavy atom. The zero-order valence-electron chi connectivity index (χ0n) is 12.6. The summed E-state index contributed by atoms with van der Waals surface area (Å²) in [5.74, 6) is 1.14. The molecular formula is C18H22O2S. The van der Waals surface area contributed by atoms with E-state index in [1.807, 2.05) is 23.5 Å². The molecule has 3 heteroatoms. The number of aliphatic hydroxyl groups is 1. The van der Waals surface area contributed by atoms with Crippen LogP contribution in [0.3, 0.4) is 0 Å². The molecule has 1 aromatic carbocycles. The summed E-state index contributed by atoms with van der Waals surface area (Å²) in [5, 5.41) is 12.9. The Labute approximate surface area is 130 Å². The first-order valence-electron chi connectivity index (χ1n) is 7.57. The van der Waals surface area contributed by atoms with E-state index in [0.717, 1.165) is 17.7 Å². The maximum Gasteiger partial charge on any atom is 0.122 e. The van der Waals surface area contributed by atoms with Crippen molar-refractivity contribution in [2.75, 3.05) is 7.11 Å². The topological polar surface area (TPSA) is 29.5 Å². The van der Waals surface area contributed by atoms with Gasteiger partial charge in [-0.3, -0.25) is 0 Å². The summed E-state index contributed by atoms with van der Waals surface area (Å²) in [6, 6.07) is 8.36. The van der Waals surface area contributed by atoms with Crippen LogP contribution >= 0.6 is 11.3 Å². The molecule has 0 bridgehead atoms. The Kier molecular flexibility index (Phi) is 4.32. The van der Waals surface area contributed by atoms with Crippen LogP contribution in [0.15, 0.2) is 29.6 Å². The van der Waals surface area contributed by atoms with Gasteiger partial charge in [-0.1, -0.05) is 17.7 Å². The third-order valence-electron chi connectivity index (χ3n) is 4.43. The molecule has 0 radical (unpaired) electrons. The number of aliphatic hydroxyl groups excluding tert-OH is 1. The van der Waals surface area contributed by atoms with E-state index in [-0.39, 0.29) is 12.0 Å². The number of aryl methyl sites for hydroxylation is 2. The number of benzene rings is 1. The van der Waals surface area contributed by atoms with E-state index in [2.05, 4.69) is 24.4 Å². The third-order valence-corrected chi connectivity index (χ3v) is 5.42. The molecule has 2 nitrogen and oxygen atoms in total. The second-order valence-corrected chi connectivity index (χ2v) is 6.89. The number of fused-ring (bicyclic) bond motifs is 1. The van der Waals surface area contributed by atoms with Crippen LogP contribution in [0.25, 0.3) is 0 Å². The van der Waals surface area contributed by atoms with Crippen molar-refractivity contribution in [1.82, 2.24) is 0 Å². The fourth-order valence-corrected chi connectivity index (χ4v) is 4.35. The van der Waals surface area contributed by atoms with Crippen LogP contribution in [0.5, 0.6) is 5.75 Å². The molecule has 1 aromatic heterocycles. The largest absolute Gasteiger partial charge is 0.496 e. The lowest BCUT2D eigenvalue weighted by Gasteiger charge is -2.27.